The first-order valence-corrected chi connectivity index (χ1v) is 7.28. The molecule has 2 rings (SSSR count). The van der Waals surface area contributed by atoms with Crippen LogP contribution in [-0.2, 0) is 17.1 Å². The van der Waals surface area contributed by atoms with Gasteiger partial charge in [-0.3, -0.25) is 0 Å². The Morgan fingerprint density at radius 2 is 1.60 bits per heavy atom. The van der Waals surface area contributed by atoms with Crippen molar-refractivity contribution in [2.75, 3.05) is 0 Å². The van der Waals surface area contributed by atoms with Crippen molar-refractivity contribution in [1.82, 2.24) is 0 Å². The molecule has 112 valence electrons. The van der Waals surface area contributed by atoms with Crippen LogP contribution in [0.15, 0.2) is 66.0 Å². The molecular formula is C18H25FeO-. The minimum Gasteiger partial charge on any atom is -0.512 e. The molecule has 0 saturated heterocycles. The fraction of sp³-hybridized carbons (Fsp3) is 0.389. The van der Waals surface area contributed by atoms with E-state index in [0.717, 1.165) is 18.4 Å². The maximum Gasteiger partial charge on any atom is 0.0994 e. The van der Waals surface area contributed by atoms with Crippen LogP contribution < -0.4 is 0 Å². The Labute approximate surface area is 133 Å². The monoisotopic (exact) mass is 313 g/mol. The molecule has 0 unspecified atom stereocenters. The van der Waals surface area contributed by atoms with Crippen LogP contribution >= 0.6 is 0 Å². The molecule has 0 heterocycles. The average Bonchev–Trinajstić information content (AvgIpc) is 3.13. The molecule has 0 spiro atoms. The summed E-state index contributed by atoms with van der Waals surface area (Å²) in [6.07, 6.45) is 14.9. The second kappa shape index (κ2) is 12.9. The molecule has 0 amide bonds. The Kier molecular flexibility index (Phi) is 12.2. The third kappa shape index (κ3) is 8.90. The van der Waals surface area contributed by atoms with Gasteiger partial charge in [-0.15, -0.1) is 0 Å². The summed E-state index contributed by atoms with van der Waals surface area (Å²) in [5, 5.41) is 9.68. The van der Waals surface area contributed by atoms with Crippen LogP contribution in [0.3, 0.4) is 0 Å². The van der Waals surface area contributed by atoms with E-state index in [1.807, 2.05) is 54.6 Å². The Bertz CT molecular complexity index is 368. The van der Waals surface area contributed by atoms with Gasteiger partial charge in [-0.05, 0) is 6.42 Å². The summed E-state index contributed by atoms with van der Waals surface area (Å²) in [4.78, 5) is 0. The van der Waals surface area contributed by atoms with E-state index in [1.54, 1.807) is 0 Å². The van der Waals surface area contributed by atoms with Crippen molar-refractivity contribution in [3.8, 4) is 0 Å². The molecule has 0 bridgehead atoms. The van der Waals surface area contributed by atoms with Gasteiger partial charge >= 0.3 is 0 Å². The fourth-order valence-electron chi connectivity index (χ4n) is 1.93. The van der Waals surface area contributed by atoms with Gasteiger partial charge in [0.15, 0.2) is 0 Å². The van der Waals surface area contributed by atoms with Crippen LogP contribution in [0.25, 0.3) is 0 Å². The minimum atomic E-state index is 0. The van der Waals surface area contributed by atoms with Crippen LogP contribution in [0.4, 0.5) is 0 Å². The summed E-state index contributed by atoms with van der Waals surface area (Å²) in [5.41, 5.74) is 0.987. The quantitative estimate of drug-likeness (QED) is 0.310. The fourth-order valence-corrected chi connectivity index (χ4v) is 1.93. The van der Waals surface area contributed by atoms with Gasteiger partial charge in [-0.2, -0.15) is 18.2 Å². The summed E-state index contributed by atoms with van der Waals surface area (Å²) in [5.74, 6) is 0.548. The summed E-state index contributed by atoms with van der Waals surface area (Å²) in [7, 11) is 0. The molecule has 0 aliphatic heterocycles. The average molecular weight is 313 g/mol. The molecule has 1 aromatic rings. The van der Waals surface area contributed by atoms with E-state index in [9.17, 15) is 5.11 Å². The SMILES string of the molecule is CCCCCCCC(O)=C1C=CC=C1.[Fe].c1cc[cH-]c1. The molecule has 1 aliphatic carbocycles. The van der Waals surface area contributed by atoms with Gasteiger partial charge in [0.2, 0.25) is 0 Å². The third-order valence-electron chi connectivity index (χ3n) is 3.07. The zero-order valence-electron chi connectivity index (χ0n) is 12.2. The van der Waals surface area contributed by atoms with E-state index in [2.05, 4.69) is 6.92 Å². The van der Waals surface area contributed by atoms with E-state index in [-0.39, 0.29) is 17.1 Å². The van der Waals surface area contributed by atoms with Gasteiger partial charge in [0.25, 0.3) is 0 Å². The van der Waals surface area contributed by atoms with Gasteiger partial charge in [-0.25, -0.2) is 12.1 Å². The van der Waals surface area contributed by atoms with Gasteiger partial charge in [0.05, 0.1) is 5.76 Å². The van der Waals surface area contributed by atoms with Crippen molar-refractivity contribution in [3.05, 3.63) is 66.0 Å². The van der Waals surface area contributed by atoms with Crippen molar-refractivity contribution in [3.63, 3.8) is 0 Å². The number of hydrogen-bond donors (Lipinski definition) is 1. The normalized spacial score (nSPS) is 11.8. The smallest absolute Gasteiger partial charge is 0.0994 e. The van der Waals surface area contributed by atoms with Crippen LogP contribution in [0, 0.1) is 0 Å². The summed E-state index contributed by atoms with van der Waals surface area (Å²) in [6, 6.07) is 10.0. The molecule has 1 N–H and O–H groups in total. The first-order valence-electron chi connectivity index (χ1n) is 7.28. The topological polar surface area (TPSA) is 20.2 Å². The zero-order chi connectivity index (χ0) is 13.8. The van der Waals surface area contributed by atoms with Gasteiger partial charge in [0, 0.05) is 29.1 Å². The second-order valence-electron chi connectivity index (χ2n) is 4.75. The van der Waals surface area contributed by atoms with E-state index >= 15 is 0 Å². The zero-order valence-corrected chi connectivity index (χ0v) is 13.3. The second-order valence-corrected chi connectivity index (χ2v) is 4.75. The molecule has 20 heavy (non-hydrogen) atoms. The number of unbranched alkanes of at least 4 members (excludes halogenated alkanes) is 4. The molecule has 1 aliphatic rings. The van der Waals surface area contributed by atoms with E-state index in [4.69, 9.17) is 0 Å². The number of aliphatic hydroxyl groups excluding tert-OH is 1. The maximum absolute atomic E-state index is 9.68. The van der Waals surface area contributed by atoms with E-state index in [0.29, 0.717) is 5.76 Å². The van der Waals surface area contributed by atoms with Crippen molar-refractivity contribution in [1.29, 1.82) is 0 Å². The number of hydrogen-bond acceptors (Lipinski definition) is 1. The maximum atomic E-state index is 9.68. The Balaban J connectivity index is 0.000000507. The largest absolute Gasteiger partial charge is 0.512 e. The molecule has 0 saturated carbocycles. The van der Waals surface area contributed by atoms with Gasteiger partial charge < -0.3 is 5.11 Å². The van der Waals surface area contributed by atoms with Crippen LogP contribution in [-0.4, -0.2) is 5.11 Å². The number of allylic oxidation sites excluding steroid dienone is 6. The Morgan fingerprint density at radius 1 is 1.00 bits per heavy atom. The van der Waals surface area contributed by atoms with Crippen LogP contribution in [0.5, 0.6) is 0 Å². The minimum absolute atomic E-state index is 0. The molecule has 0 fully saturated rings. The van der Waals surface area contributed by atoms with Crippen LogP contribution in [0.1, 0.15) is 45.4 Å². The molecular weight excluding hydrogens is 288 g/mol. The first kappa shape index (κ1) is 18.9. The van der Waals surface area contributed by atoms with Crippen molar-refractivity contribution >= 4 is 0 Å². The summed E-state index contributed by atoms with van der Waals surface area (Å²) >= 11 is 0. The molecule has 0 radical (unpaired) electrons. The summed E-state index contributed by atoms with van der Waals surface area (Å²) in [6.45, 7) is 2.22. The van der Waals surface area contributed by atoms with Crippen molar-refractivity contribution < 1.29 is 22.2 Å². The van der Waals surface area contributed by atoms with E-state index < -0.39 is 0 Å². The molecule has 2 heteroatoms. The van der Waals surface area contributed by atoms with Crippen LogP contribution in [0.2, 0.25) is 0 Å². The van der Waals surface area contributed by atoms with Crippen molar-refractivity contribution in [2.24, 2.45) is 0 Å². The van der Waals surface area contributed by atoms with Crippen molar-refractivity contribution in [2.45, 2.75) is 45.4 Å². The van der Waals surface area contributed by atoms with Gasteiger partial charge in [0.1, 0.15) is 0 Å². The predicted octanol–water partition coefficient (Wildman–Crippen LogP) is 5.69. The Hall–Kier alpha value is -1.11. The third-order valence-corrected chi connectivity index (χ3v) is 3.07. The predicted molar refractivity (Wildman–Crippen MR) is 83.3 cm³/mol. The standard InChI is InChI=1S/C13H20O.C5H5.Fe/c1-2-3-4-5-6-11-13(14)12-9-7-8-10-12;1-2-4-5-3-1;/h7-10,14H,2-6,11H2,1H3;1-5H;/q;-1;. The molecule has 0 atom stereocenters. The molecule has 1 aromatic carbocycles. The molecule has 1 nitrogen and oxygen atoms in total. The number of aliphatic hydroxyl groups is 1. The van der Waals surface area contributed by atoms with Gasteiger partial charge in [-0.1, -0.05) is 56.9 Å². The summed E-state index contributed by atoms with van der Waals surface area (Å²) < 4.78 is 0. The first-order chi connectivity index (χ1) is 9.34. The molecule has 0 aromatic heterocycles. The Morgan fingerprint density at radius 3 is 2.10 bits per heavy atom. The van der Waals surface area contributed by atoms with E-state index in [1.165, 1.54) is 25.7 Å². The number of rotatable bonds is 6.